The molecule has 0 aromatic carbocycles. The minimum atomic E-state index is -4.48. The number of rotatable bonds is 4. The van der Waals surface area contributed by atoms with Gasteiger partial charge in [0.25, 0.3) is 0 Å². The Morgan fingerprint density at radius 3 is 2.38 bits per heavy atom. The van der Waals surface area contributed by atoms with E-state index in [-0.39, 0.29) is 12.0 Å². The van der Waals surface area contributed by atoms with Crippen molar-refractivity contribution in [3.63, 3.8) is 0 Å². The van der Waals surface area contributed by atoms with Crippen LogP contribution in [0, 0.1) is 0 Å². The second-order valence-electron chi connectivity index (χ2n) is 2.48. The molecule has 0 spiro atoms. The fourth-order valence-electron chi connectivity index (χ4n) is 0.705. The summed E-state index contributed by atoms with van der Waals surface area (Å²) in [5.41, 5.74) is 2.04. The normalized spacial score (nSPS) is 11.1. The summed E-state index contributed by atoms with van der Waals surface area (Å²) in [4.78, 5) is 10.5. The van der Waals surface area contributed by atoms with Crippen LogP contribution in [-0.2, 0) is 0 Å². The van der Waals surface area contributed by atoms with Gasteiger partial charge in [-0.2, -0.15) is 23.1 Å². The van der Waals surface area contributed by atoms with Crippen molar-refractivity contribution >= 4 is 5.95 Å². The third-order valence-electron chi connectivity index (χ3n) is 1.27. The maximum Gasteiger partial charge on any atom is 0.422 e. The van der Waals surface area contributed by atoms with Crippen molar-refractivity contribution in [2.75, 3.05) is 19.1 Å². The minimum Gasteiger partial charge on any atom is -0.467 e. The number of methoxy groups -OCH3 is 1. The molecule has 0 radical (unpaired) electrons. The van der Waals surface area contributed by atoms with Crippen molar-refractivity contribution in [3.8, 4) is 12.0 Å². The average Bonchev–Trinajstić information content (AvgIpc) is 2.25. The first-order valence-corrected chi connectivity index (χ1v) is 3.91. The lowest BCUT2D eigenvalue weighted by Crippen LogP contribution is -2.21. The lowest BCUT2D eigenvalue weighted by atomic mass is 10.7. The molecule has 0 saturated carbocycles. The fourth-order valence-corrected chi connectivity index (χ4v) is 0.705. The Bertz CT molecular complexity index is 336. The van der Waals surface area contributed by atoms with Gasteiger partial charge < -0.3 is 9.47 Å². The van der Waals surface area contributed by atoms with Crippen molar-refractivity contribution in [1.29, 1.82) is 0 Å². The van der Waals surface area contributed by atoms with Gasteiger partial charge in [0, 0.05) is 0 Å². The number of hydrogen-bond donors (Lipinski definition) is 2. The van der Waals surface area contributed by atoms with Gasteiger partial charge in [-0.25, -0.2) is 5.84 Å². The quantitative estimate of drug-likeness (QED) is 0.568. The topological polar surface area (TPSA) is 95.2 Å². The van der Waals surface area contributed by atoms with Crippen LogP contribution in [0.1, 0.15) is 0 Å². The average molecular weight is 239 g/mol. The van der Waals surface area contributed by atoms with Crippen molar-refractivity contribution in [1.82, 2.24) is 15.0 Å². The van der Waals surface area contributed by atoms with Gasteiger partial charge in [0.05, 0.1) is 7.11 Å². The summed E-state index contributed by atoms with van der Waals surface area (Å²) in [6.45, 7) is -1.51. The summed E-state index contributed by atoms with van der Waals surface area (Å²) in [5, 5.41) is 0. The second kappa shape index (κ2) is 4.79. The van der Waals surface area contributed by atoms with E-state index in [9.17, 15) is 13.2 Å². The zero-order chi connectivity index (χ0) is 12.2. The summed E-state index contributed by atoms with van der Waals surface area (Å²) >= 11 is 0. The maximum atomic E-state index is 11.8. The van der Waals surface area contributed by atoms with E-state index in [0.29, 0.717) is 0 Å². The molecular formula is C6H8F3N5O2. The van der Waals surface area contributed by atoms with Crippen LogP contribution in [-0.4, -0.2) is 34.8 Å². The van der Waals surface area contributed by atoms with Gasteiger partial charge in [0.2, 0.25) is 5.95 Å². The van der Waals surface area contributed by atoms with Crippen LogP contribution in [0.15, 0.2) is 0 Å². The van der Waals surface area contributed by atoms with Gasteiger partial charge in [-0.1, -0.05) is 0 Å². The Kier molecular flexibility index (Phi) is 3.66. The smallest absolute Gasteiger partial charge is 0.422 e. The number of alkyl halides is 3. The third kappa shape index (κ3) is 3.73. The first-order valence-electron chi connectivity index (χ1n) is 3.91. The van der Waals surface area contributed by atoms with Gasteiger partial charge in [0.1, 0.15) is 0 Å². The molecule has 0 amide bonds. The Labute approximate surface area is 87.8 Å². The molecule has 90 valence electrons. The van der Waals surface area contributed by atoms with Gasteiger partial charge in [-0.3, -0.25) is 5.43 Å². The largest absolute Gasteiger partial charge is 0.467 e. The number of halogens is 3. The van der Waals surface area contributed by atoms with Crippen LogP contribution in [0.4, 0.5) is 19.1 Å². The lowest BCUT2D eigenvalue weighted by Gasteiger charge is -2.08. The first kappa shape index (κ1) is 12.2. The maximum absolute atomic E-state index is 11.8. The van der Waals surface area contributed by atoms with Gasteiger partial charge in [-0.15, -0.1) is 4.98 Å². The van der Waals surface area contributed by atoms with Crippen LogP contribution in [0.25, 0.3) is 0 Å². The van der Waals surface area contributed by atoms with Gasteiger partial charge in [0.15, 0.2) is 6.61 Å². The molecular weight excluding hydrogens is 231 g/mol. The van der Waals surface area contributed by atoms with Crippen molar-refractivity contribution in [3.05, 3.63) is 0 Å². The van der Waals surface area contributed by atoms with Crippen molar-refractivity contribution in [2.24, 2.45) is 5.84 Å². The molecule has 0 aliphatic carbocycles. The highest BCUT2D eigenvalue weighted by Gasteiger charge is 2.29. The Morgan fingerprint density at radius 2 is 1.88 bits per heavy atom. The third-order valence-corrected chi connectivity index (χ3v) is 1.27. The summed E-state index contributed by atoms with van der Waals surface area (Å²) in [6, 6.07) is -0.739. The van der Waals surface area contributed by atoms with Crippen molar-refractivity contribution in [2.45, 2.75) is 6.18 Å². The predicted octanol–water partition coefficient (Wildman–Crippen LogP) is 0.107. The monoisotopic (exact) mass is 239 g/mol. The van der Waals surface area contributed by atoms with Gasteiger partial charge in [-0.05, 0) is 0 Å². The van der Waals surface area contributed by atoms with E-state index in [2.05, 4.69) is 24.4 Å². The summed E-state index contributed by atoms with van der Waals surface area (Å²) < 4.78 is 44.4. The predicted molar refractivity (Wildman–Crippen MR) is 45.7 cm³/mol. The first-order chi connectivity index (χ1) is 7.44. The molecule has 0 fully saturated rings. The number of nitrogens with zero attached hydrogens (tertiary/aromatic N) is 3. The van der Waals surface area contributed by atoms with E-state index < -0.39 is 18.8 Å². The van der Waals surface area contributed by atoms with Gasteiger partial charge >= 0.3 is 18.2 Å². The molecule has 0 bridgehead atoms. The highest BCUT2D eigenvalue weighted by molar-refractivity contribution is 5.25. The Morgan fingerprint density at radius 1 is 1.25 bits per heavy atom. The van der Waals surface area contributed by atoms with E-state index >= 15 is 0 Å². The number of anilines is 1. The fraction of sp³-hybridized carbons (Fsp3) is 0.500. The van der Waals surface area contributed by atoms with Crippen LogP contribution in [0.5, 0.6) is 12.0 Å². The molecule has 10 heteroatoms. The zero-order valence-electron chi connectivity index (χ0n) is 8.08. The van der Waals surface area contributed by atoms with E-state index in [1.54, 1.807) is 0 Å². The standard InChI is InChI=1S/C6H8F3N5O2/c1-15-4-11-3(14-10)12-5(13-4)16-2-6(7,8)9/h2,10H2,1H3,(H,11,12,13,14). The molecule has 0 aliphatic heterocycles. The van der Waals surface area contributed by atoms with Crippen molar-refractivity contribution < 1.29 is 22.6 Å². The molecule has 0 aliphatic rings. The Balaban J connectivity index is 2.79. The Hall–Kier alpha value is -1.84. The summed E-state index contributed by atoms with van der Waals surface area (Å²) in [5.74, 6) is 4.83. The number of nitrogen functional groups attached to an aromatic ring is 1. The van der Waals surface area contributed by atoms with E-state index in [0.717, 1.165) is 0 Å². The molecule has 0 saturated heterocycles. The summed E-state index contributed by atoms with van der Waals surface area (Å²) in [6.07, 6.45) is -4.48. The SMILES string of the molecule is COc1nc(NN)nc(OCC(F)(F)F)n1. The zero-order valence-corrected chi connectivity index (χ0v) is 8.08. The number of nitrogens with two attached hydrogens (primary N) is 1. The van der Waals surface area contributed by atoms with E-state index in [4.69, 9.17) is 5.84 Å². The second-order valence-corrected chi connectivity index (χ2v) is 2.48. The molecule has 0 atom stereocenters. The molecule has 1 aromatic heterocycles. The number of ether oxygens (including phenoxy) is 2. The molecule has 7 nitrogen and oxygen atoms in total. The van der Waals surface area contributed by atoms with Crippen LogP contribution >= 0.6 is 0 Å². The number of hydrazine groups is 1. The lowest BCUT2D eigenvalue weighted by molar-refractivity contribution is -0.154. The highest BCUT2D eigenvalue weighted by Crippen LogP contribution is 2.17. The highest BCUT2D eigenvalue weighted by atomic mass is 19.4. The van der Waals surface area contributed by atoms with E-state index in [1.165, 1.54) is 7.11 Å². The van der Waals surface area contributed by atoms with E-state index in [1.807, 2.05) is 5.43 Å². The molecule has 16 heavy (non-hydrogen) atoms. The molecule has 1 heterocycles. The number of hydrogen-bond acceptors (Lipinski definition) is 7. The number of nitrogens with one attached hydrogen (secondary N) is 1. The molecule has 1 rings (SSSR count). The van der Waals surface area contributed by atoms with Crippen LogP contribution in [0.2, 0.25) is 0 Å². The molecule has 0 unspecified atom stereocenters. The number of aromatic nitrogens is 3. The summed E-state index contributed by atoms with van der Waals surface area (Å²) in [7, 11) is 1.24. The molecule has 3 N–H and O–H groups in total. The van der Waals surface area contributed by atoms with Crippen LogP contribution in [0.3, 0.4) is 0 Å². The molecule has 1 aromatic rings. The minimum absolute atomic E-state index is 0.163. The van der Waals surface area contributed by atoms with Crippen LogP contribution < -0.4 is 20.7 Å².